The number of benzene rings is 1. The SMILES string of the molecule is C=N/N=C/c1ccccc1. The van der Waals surface area contributed by atoms with E-state index in [1.54, 1.807) is 6.21 Å². The van der Waals surface area contributed by atoms with Gasteiger partial charge in [0.05, 0.1) is 6.21 Å². The summed E-state index contributed by atoms with van der Waals surface area (Å²) in [5.74, 6) is 0. The molecular formula is C8H8N2. The van der Waals surface area contributed by atoms with Crippen LogP contribution >= 0.6 is 0 Å². The van der Waals surface area contributed by atoms with Crippen LogP contribution in [0.3, 0.4) is 0 Å². The highest BCUT2D eigenvalue weighted by molar-refractivity contribution is 5.79. The van der Waals surface area contributed by atoms with Gasteiger partial charge in [-0.05, 0) is 5.56 Å². The van der Waals surface area contributed by atoms with E-state index in [-0.39, 0.29) is 0 Å². The van der Waals surface area contributed by atoms with Crippen molar-refractivity contribution in [3.63, 3.8) is 0 Å². The lowest BCUT2D eigenvalue weighted by molar-refractivity contribution is 1.28. The Morgan fingerprint density at radius 3 is 2.50 bits per heavy atom. The largest absolute Gasteiger partial charge is 0.167 e. The van der Waals surface area contributed by atoms with E-state index in [0.29, 0.717) is 0 Å². The van der Waals surface area contributed by atoms with Crippen LogP contribution in [-0.2, 0) is 0 Å². The van der Waals surface area contributed by atoms with E-state index in [0.717, 1.165) is 5.56 Å². The molecular weight excluding hydrogens is 124 g/mol. The predicted molar refractivity (Wildman–Crippen MR) is 43.6 cm³/mol. The Labute approximate surface area is 59.9 Å². The zero-order valence-corrected chi connectivity index (χ0v) is 5.57. The lowest BCUT2D eigenvalue weighted by atomic mass is 10.2. The Balaban J connectivity index is 2.76. The first-order chi connectivity index (χ1) is 4.93. The maximum absolute atomic E-state index is 3.63. The number of hydrogen-bond acceptors (Lipinski definition) is 2. The number of hydrogen-bond donors (Lipinski definition) is 0. The van der Waals surface area contributed by atoms with Gasteiger partial charge in [0.1, 0.15) is 0 Å². The van der Waals surface area contributed by atoms with E-state index < -0.39 is 0 Å². The Hall–Kier alpha value is -1.44. The molecule has 0 aliphatic carbocycles. The van der Waals surface area contributed by atoms with Gasteiger partial charge in [-0.25, -0.2) is 0 Å². The molecule has 0 saturated heterocycles. The first-order valence-electron chi connectivity index (χ1n) is 2.97. The van der Waals surface area contributed by atoms with Gasteiger partial charge in [0.15, 0.2) is 0 Å². The zero-order chi connectivity index (χ0) is 7.23. The van der Waals surface area contributed by atoms with E-state index in [1.807, 2.05) is 30.3 Å². The standard InChI is InChI=1S/C8H8N2/c1-9-10-7-8-5-3-2-4-6-8/h2-7H,1H2/b10-7+. The topological polar surface area (TPSA) is 24.7 Å². The van der Waals surface area contributed by atoms with E-state index in [2.05, 4.69) is 16.9 Å². The predicted octanol–water partition coefficient (Wildman–Crippen LogP) is 1.72. The van der Waals surface area contributed by atoms with Gasteiger partial charge < -0.3 is 0 Å². The van der Waals surface area contributed by atoms with Crippen molar-refractivity contribution < 1.29 is 0 Å². The van der Waals surface area contributed by atoms with Gasteiger partial charge in [0.25, 0.3) is 0 Å². The molecule has 0 fully saturated rings. The molecule has 0 heterocycles. The summed E-state index contributed by atoms with van der Waals surface area (Å²) < 4.78 is 0. The van der Waals surface area contributed by atoms with Crippen LogP contribution in [-0.4, -0.2) is 12.9 Å². The molecule has 0 spiro atoms. The molecule has 1 rings (SSSR count). The maximum Gasteiger partial charge on any atom is 0.0567 e. The lowest BCUT2D eigenvalue weighted by Gasteiger charge is -1.85. The van der Waals surface area contributed by atoms with Gasteiger partial charge in [-0.1, -0.05) is 30.3 Å². The summed E-state index contributed by atoms with van der Waals surface area (Å²) in [6.45, 7) is 3.23. The van der Waals surface area contributed by atoms with E-state index in [9.17, 15) is 0 Å². The minimum Gasteiger partial charge on any atom is -0.167 e. The van der Waals surface area contributed by atoms with E-state index in [4.69, 9.17) is 0 Å². The van der Waals surface area contributed by atoms with Crippen LogP contribution in [0.1, 0.15) is 5.56 Å². The average molecular weight is 132 g/mol. The van der Waals surface area contributed by atoms with Crippen LogP contribution in [0.25, 0.3) is 0 Å². The van der Waals surface area contributed by atoms with Crippen molar-refractivity contribution >= 4 is 12.9 Å². The Kier molecular flexibility index (Phi) is 2.38. The smallest absolute Gasteiger partial charge is 0.0567 e. The summed E-state index contributed by atoms with van der Waals surface area (Å²) in [7, 11) is 0. The number of nitrogens with zero attached hydrogens (tertiary/aromatic N) is 2. The van der Waals surface area contributed by atoms with E-state index >= 15 is 0 Å². The molecule has 50 valence electrons. The molecule has 0 aromatic heterocycles. The summed E-state index contributed by atoms with van der Waals surface area (Å²) in [6.07, 6.45) is 1.66. The minimum atomic E-state index is 1.04. The first kappa shape index (κ1) is 6.68. The van der Waals surface area contributed by atoms with E-state index in [1.165, 1.54) is 0 Å². The molecule has 0 unspecified atom stereocenters. The van der Waals surface area contributed by atoms with Crippen LogP contribution < -0.4 is 0 Å². The van der Waals surface area contributed by atoms with Crippen molar-refractivity contribution in [3.8, 4) is 0 Å². The fourth-order valence-electron chi connectivity index (χ4n) is 0.647. The molecule has 0 atom stereocenters. The third-order valence-electron chi connectivity index (χ3n) is 1.09. The molecule has 0 bridgehead atoms. The molecule has 0 N–H and O–H groups in total. The second-order valence-corrected chi connectivity index (χ2v) is 1.80. The Morgan fingerprint density at radius 2 is 1.90 bits per heavy atom. The number of rotatable bonds is 2. The van der Waals surface area contributed by atoms with Gasteiger partial charge in [0.2, 0.25) is 0 Å². The van der Waals surface area contributed by atoms with Crippen molar-refractivity contribution in [2.24, 2.45) is 10.2 Å². The molecule has 0 radical (unpaired) electrons. The Bertz CT molecular complexity index is 226. The minimum absolute atomic E-state index is 1.04. The fraction of sp³-hybridized carbons (Fsp3) is 0. The van der Waals surface area contributed by atoms with Crippen molar-refractivity contribution in [1.82, 2.24) is 0 Å². The maximum atomic E-state index is 3.63. The summed E-state index contributed by atoms with van der Waals surface area (Å²) in [5.41, 5.74) is 1.04. The molecule has 10 heavy (non-hydrogen) atoms. The summed E-state index contributed by atoms with van der Waals surface area (Å²) in [5, 5.41) is 6.98. The van der Waals surface area contributed by atoms with Gasteiger partial charge in [-0.15, -0.1) is 0 Å². The molecule has 0 amide bonds. The van der Waals surface area contributed by atoms with Crippen LogP contribution in [0.4, 0.5) is 0 Å². The van der Waals surface area contributed by atoms with Crippen molar-refractivity contribution in [3.05, 3.63) is 35.9 Å². The molecule has 0 aliphatic rings. The lowest BCUT2D eigenvalue weighted by Crippen LogP contribution is -1.75. The highest BCUT2D eigenvalue weighted by atomic mass is 15.2. The van der Waals surface area contributed by atoms with Crippen LogP contribution in [0.2, 0.25) is 0 Å². The quantitative estimate of drug-likeness (QED) is 0.432. The van der Waals surface area contributed by atoms with Gasteiger partial charge in [-0.2, -0.15) is 10.2 Å². The molecule has 0 saturated carbocycles. The Morgan fingerprint density at radius 1 is 1.20 bits per heavy atom. The van der Waals surface area contributed by atoms with Crippen molar-refractivity contribution in [2.75, 3.05) is 0 Å². The second kappa shape index (κ2) is 3.56. The van der Waals surface area contributed by atoms with Gasteiger partial charge in [-0.3, -0.25) is 0 Å². The highest BCUT2D eigenvalue weighted by Crippen LogP contribution is 1.93. The molecule has 0 aliphatic heterocycles. The third-order valence-corrected chi connectivity index (χ3v) is 1.09. The van der Waals surface area contributed by atoms with Crippen molar-refractivity contribution in [2.45, 2.75) is 0 Å². The molecule has 2 heteroatoms. The second-order valence-electron chi connectivity index (χ2n) is 1.80. The first-order valence-corrected chi connectivity index (χ1v) is 2.97. The highest BCUT2D eigenvalue weighted by Gasteiger charge is 1.80. The van der Waals surface area contributed by atoms with Crippen LogP contribution in [0.15, 0.2) is 40.5 Å². The summed E-state index contributed by atoms with van der Waals surface area (Å²) in [6, 6.07) is 9.76. The van der Waals surface area contributed by atoms with Gasteiger partial charge >= 0.3 is 0 Å². The molecule has 1 aromatic rings. The van der Waals surface area contributed by atoms with Crippen LogP contribution in [0.5, 0.6) is 0 Å². The summed E-state index contributed by atoms with van der Waals surface area (Å²) in [4.78, 5) is 0. The van der Waals surface area contributed by atoms with Gasteiger partial charge in [0, 0.05) is 6.72 Å². The normalized spacial score (nSPS) is 10.0. The summed E-state index contributed by atoms with van der Waals surface area (Å²) >= 11 is 0. The van der Waals surface area contributed by atoms with Crippen LogP contribution in [0, 0.1) is 0 Å². The third kappa shape index (κ3) is 1.82. The molecule has 2 nitrogen and oxygen atoms in total. The van der Waals surface area contributed by atoms with Crippen molar-refractivity contribution in [1.29, 1.82) is 0 Å². The molecule has 1 aromatic carbocycles. The monoisotopic (exact) mass is 132 g/mol. The fourth-order valence-corrected chi connectivity index (χ4v) is 0.647. The zero-order valence-electron chi connectivity index (χ0n) is 5.57. The average Bonchev–Trinajstić information content (AvgIpc) is 2.03.